The molecule has 25 heavy (non-hydrogen) atoms. The SMILES string of the molecule is CC1CCN(CC(O)COc2ccc(-c3ccccc3)cc2)CC1.[Cl-]. The van der Waals surface area contributed by atoms with Crippen molar-refractivity contribution in [2.24, 2.45) is 5.92 Å². The molecule has 1 heterocycles. The number of benzene rings is 2. The molecule has 136 valence electrons. The van der Waals surface area contributed by atoms with Crippen molar-refractivity contribution in [2.75, 3.05) is 26.2 Å². The van der Waals surface area contributed by atoms with E-state index in [1.807, 2.05) is 30.3 Å². The van der Waals surface area contributed by atoms with E-state index in [-0.39, 0.29) is 12.4 Å². The van der Waals surface area contributed by atoms with Gasteiger partial charge in [0.15, 0.2) is 0 Å². The summed E-state index contributed by atoms with van der Waals surface area (Å²) in [6.07, 6.45) is 2.02. The molecule has 3 rings (SSSR count). The van der Waals surface area contributed by atoms with Crippen LogP contribution in [0.1, 0.15) is 19.8 Å². The summed E-state index contributed by atoms with van der Waals surface area (Å²) in [5, 5.41) is 10.2. The average Bonchev–Trinajstić information content (AvgIpc) is 2.63. The summed E-state index contributed by atoms with van der Waals surface area (Å²) in [7, 11) is 0. The molecule has 1 atom stereocenters. The first-order chi connectivity index (χ1) is 11.7. The predicted molar refractivity (Wildman–Crippen MR) is 98.2 cm³/mol. The van der Waals surface area contributed by atoms with Crippen LogP contribution in [0.2, 0.25) is 0 Å². The van der Waals surface area contributed by atoms with E-state index in [1.165, 1.54) is 24.0 Å². The van der Waals surface area contributed by atoms with E-state index in [4.69, 9.17) is 4.74 Å². The highest BCUT2D eigenvalue weighted by atomic mass is 35.5. The molecule has 0 radical (unpaired) electrons. The van der Waals surface area contributed by atoms with Gasteiger partial charge in [0, 0.05) is 6.54 Å². The monoisotopic (exact) mass is 360 g/mol. The second kappa shape index (κ2) is 9.81. The minimum atomic E-state index is -0.438. The molecule has 1 saturated heterocycles. The highest BCUT2D eigenvalue weighted by Gasteiger charge is 2.18. The van der Waals surface area contributed by atoms with Gasteiger partial charge in [-0.05, 0) is 55.1 Å². The third kappa shape index (κ3) is 6.03. The van der Waals surface area contributed by atoms with E-state index in [1.54, 1.807) is 0 Å². The summed E-state index contributed by atoms with van der Waals surface area (Å²) in [5.74, 6) is 1.62. The molecular formula is C21H27ClNO2-. The third-order valence-corrected chi connectivity index (χ3v) is 4.75. The Bertz CT molecular complexity index is 610. The zero-order chi connectivity index (χ0) is 16.8. The minimum absolute atomic E-state index is 0. The fourth-order valence-electron chi connectivity index (χ4n) is 3.16. The van der Waals surface area contributed by atoms with E-state index in [9.17, 15) is 5.11 Å². The van der Waals surface area contributed by atoms with E-state index in [0.717, 1.165) is 24.8 Å². The number of piperidine rings is 1. The third-order valence-electron chi connectivity index (χ3n) is 4.75. The summed E-state index contributed by atoms with van der Waals surface area (Å²) in [6, 6.07) is 18.3. The molecule has 0 aliphatic carbocycles. The Labute approximate surface area is 157 Å². The zero-order valence-corrected chi connectivity index (χ0v) is 15.5. The molecule has 4 heteroatoms. The lowest BCUT2D eigenvalue weighted by molar-refractivity contribution is -0.00000713. The van der Waals surface area contributed by atoms with Gasteiger partial charge in [-0.1, -0.05) is 49.4 Å². The van der Waals surface area contributed by atoms with Crippen molar-refractivity contribution in [1.29, 1.82) is 0 Å². The number of ether oxygens (including phenoxy) is 1. The van der Waals surface area contributed by atoms with Gasteiger partial charge in [0.25, 0.3) is 0 Å². The smallest absolute Gasteiger partial charge is 0.119 e. The van der Waals surface area contributed by atoms with Crippen LogP contribution in [0.25, 0.3) is 11.1 Å². The van der Waals surface area contributed by atoms with Crippen LogP contribution >= 0.6 is 0 Å². The van der Waals surface area contributed by atoms with Crippen LogP contribution in [0, 0.1) is 5.92 Å². The first-order valence-corrected chi connectivity index (χ1v) is 8.89. The number of hydrogen-bond donors (Lipinski definition) is 1. The van der Waals surface area contributed by atoms with Crippen LogP contribution < -0.4 is 17.1 Å². The van der Waals surface area contributed by atoms with Gasteiger partial charge in [-0.15, -0.1) is 0 Å². The number of halogens is 1. The van der Waals surface area contributed by atoms with Crippen molar-refractivity contribution in [2.45, 2.75) is 25.9 Å². The Morgan fingerprint density at radius 3 is 2.24 bits per heavy atom. The molecule has 3 nitrogen and oxygen atoms in total. The van der Waals surface area contributed by atoms with Crippen LogP contribution in [-0.2, 0) is 0 Å². The van der Waals surface area contributed by atoms with Gasteiger partial charge in [0.05, 0.1) is 0 Å². The van der Waals surface area contributed by atoms with Crippen LogP contribution in [0.5, 0.6) is 5.75 Å². The number of likely N-dealkylation sites (tertiary alicyclic amines) is 1. The average molecular weight is 361 g/mol. The molecule has 2 aromatic carbocycles. The number of β-amino-alcohol motifs (C(OH)–C–C–N with tert-alkyl or cyclic N) is 1. The molecule has 0 bridgehead atoms. The summed E-state index contributed by atoms with van der Waals surface area (Å²) < 4.78 is 5.74. The van der Waals surface area contributed by atoms with E-state index >= 15 is 0 Å². The summed E-state index contributed by atoms with van der Waals surface area (Å²) in [6.45, 7) is 5.52. The summed E-state index contributed by atoms with van der Waals surface area (Å²) in [5.41, 5.74) is 2.37. The molecule has 0 saturated carbocycles. The maximum Gasteiger partial charge on any atom is 0.119 e. The lowest BCUT2D eigenvalue weighted by Gasteiger charge is -2.31. The van der Waals surface area contributed by atoms with E-state index in [2.05, 4.69) is 36.1 Å². The van der Waals surface area contributed by atoms with Crippen molar-refractivity contribution >= 4 is 0 Å². The summed E-state index contributed by atoms with van der Waals surface area (Å²) in [4.78, 5) is 2.34. The Balaban J connectivity index is 0.00000225. The molecule has 2 aromatic rings. The zero-order valence-electron chi connectivity index (χ0n) is 14.8. The van der Waals surface area contributed by atoms with Crippen LogP contribution in [-0.4, -0.2) is 42.4 Å². The van der Waals surface area contributed by atoms with E-state index in [0.29, 0.717) is 13.2 Å². The Morgan fingerprint density at radius 1 is 1.00 bits per heavy atom. The van der Waals surface area contributed by atoms with Crippen molar-refractivity contribution in [1.82, 2.24) is 4.90 Å². The lowest BCUT2D eigenvalue weighted by atomic mass is 9.99. The molecule has 1 fully saturated rings. The standard InChI is InChI=1S/C21H27NO2.ClH/c1-17-11-13-22(14-12-17)15-20(23)16-24-21-9-7-19(8-10-21)18-5-3-2-4-6-18;/h2-10,17,20,23H,11-16H2,1H3;1H/p-1. The molecule has 1 aliphatic heterocycles. The molecule has 0 aromatic heterocycles. The van der Waals surface area contributed by atoms with Crippen molar-refractivity contribution in [3.8, 4) is 16.9 Å². The molecule has 1 aliphatic rings. The number of aliphatic hydroxyl groups is 1. The predicted octanol–water partition coefficient (Wildman–Crippen LogP) is 0.829. The normalized spacial score (nSPS) is 16.9. The van der Waals surface area contributed by atoms with Gasteiger partial charge in [-0.25, -0.2) is 0 Å². The van der Waals surface area contributed by atoms with Gasteiger partial charge in [0.1, 0.15) is 18.5 Å². The van der Waals surface area contributed by atoms with Crippen molar-refractivity contribution in [3.05, 3.63) is 54.6 Å². The van der Waals surface area contributed by atoms with Gasteiger partial charge >= 0.3 is 0 Å². The van der Waals surface area contributed by atoms with Crippen molar-refractivity contribution < 1.29 is 22.3 Å². The molecule has 1 unspecified atom stereocenters. The molecular weight excluding hydrogens is 334 g/mol. The second-order valence-corrected chi connectivity index (χ2v) is 6.84. The van der Waals surface area contributed by atoms with Gasteiger partial charge < -0.3 is 27.2 Å². The number of nitrogens with zero attached hydrogens (tertiary/aromatic N) is 1. The first-order valence-electron chi connectivity index (χ1n) is 8.89. The molecule has 0 spiro atoms. The number of aliphatic hydroxyl groups excluding tert-OH is 1. The van der Waals surface area contributed by atoms with Gasteiger partial charge in [-0.3, -0.25) is 0 Å². The highest BCUT2D eigenvalue weighted by Crippen LogP contribution is 2.22. The lowest BCUT2D eigenvalue weighted by Crippen LogP contribution is -3.00. The summed E-state index contributed by atoms with van der Waals surface area (Å²) >= 11 is 0. The Kier molecular flexibility index (Phi) is 7.76. The molecule has 1 N–H and O–H groups in total. The number of rotatable bonds is 6. The van der Waals surface area contributed by atoms with Crippen LogP contribution in [0.4, 0.5) is 0 Å². The maximum atomic E-state index is 10.2. The van der Waals surface area contributed by atoms with Crippen LogP contribution in [0.3, 0.4) is 0 Å². The van der Waals surface area contributed by atoms with Crippen molar-refractivity contribution in [3.63, 3.8) is 0 Å². The fourth-order valence-corrected chi connectivity index (χ4v) is 3.16. The van der Waals surface area contributed by atoms with Gasteiger partial charge in [-0.2, -0.15) is 0 Å². The first kappa shape index (κ1) is 19.8. The van der Waals surface area contributed by atoms with Crippen LogP contribution in [0.15, 0.2) is 54.6 Å². The second-order valence-electron chi connectivity index (χ2n) is 6.84. The number of hydrogen-bond acceptors (Lipinski definition) is 3. The van der Waals surface area contributed by atoms with Gasteiger partial charge in [0.2, 0.25) is 0 Å². The quantitative estimate of drug-likeness (QED) is 0.828. The largest absolute Gasteiger partial charge is 1.00 e. The maximum absolute atomic E-state index is 10.2. The fraction of sp³-hybridized carbons (Fsp3) is 0.429. The van der Waals surface area contributed by atoms with E-state index < -0.39 is 6.10 Å². The Hall–Kier alpha value is -1.55. The Morgan fingerprint density at radius 2 is 1.60 bits per heavy atom. The molecule has 0 amide bonds. The minimum Gasteiger partial charge on any atom is -1.00 e. The highest BCUT2D eigenvalue weighted by molar-refractivity contribution is 5.63. The topological polar surface area (TPSA) is 32.7 Å².